The number of nitrogens with one attached hydrogen (secondary N) is 3. The number of aliphatic carboxylic acids is 2. The van der Waals surface area contributed by atoms with Crippen LogP contribution in [0.5, 0.6) is 0 Å². The van der Waals surface area contributed by atoms with Crippen molar-refractivity contribution in [2.75, 3.05) is 12.8 Å². The highest BCUT2D eigenvalue weighted by Gasteiger charge is 2.45. The number of likely N-dealkylation sites (tertiary alicyclic amines) is 1. The van der Waals surface area contributed by atoms with E-state index in [-0.39, 0.29) is 19.6 Å². The van der Waals surface area contributed by atoms with Gasteiger partial charge in [-0.1, -0.05) is 57.2 Å². The molecule has 1 aliphatic heterocycles. The van der Waals surface area contributed by atoms with Crippen LogP contribution in [0.3, 0.4) is 0 Å². The topological polar surface area (TPSA) is 226 Å². The van der Waals surface area contributed by atoms with Gasteiger partial charge in [-0.05, 0) is 17.4 Å². The van der Waals surface area contributed by atoms with Crippen LogP contribution in [-0.4, -0.2) is 96.3 Å². The van der Waals surface area contributed by atoms with Crippen LogP contribution in [0.2, 0.25) is 0 Å². The summed E-state index contributed by atoms with van der Waals surface area (Å²) in [7, 11) is -3.60. The molecule has 0 bridgehead atoms. The fourth-order valence-corrected chi connectivity index (χ4v) is 4.62. The van der Waals surface area contributed by atoms with E-state index >= 15 is 0 Å². The quantitative estimate of drug-likeness (QED) is 0.187. The predicted molar refractivity (Wildman–Crippen MR) is 155 cm³/mol. The molecule has 1 saturated heterocycles. The summed E-state index contributed by atoms with van der Waals surface area (Å²) in [4.78, 5) is 76.0. The van der Waals surface area contributed by atoms with Gasteiger partial charge in [0.15, 0.2) is 9.84 Å². The highest BCUT2D eigenvalue weighted by Crippen LogP contribution is 2.27. The van der Waals surface area contributed by atoms with Crippen molar-refractivity contribution < 1.29 is 52.1 Å². The van der Waals surface area contributed by atoms with Gasteiger partial charge in [0.25, 0.3) is 0 Å². The number of amides is 4. The van der Waals surface area contributed by atoms with Gasteiger partial charge < -0.3 is 35.8 Å². The fourth-order valence-electron chi connectivity index (χ4n) is 4.14. The fraction of sp³-hybridized carbons (Fsp3) is 0.500. The van der Waals surface area contributed by atoms with E-state index in [1.54, 1.807) is 51.1 Å². The maximum atomic E-state index is 13.6. The van der Waals surface area contributed by atoms with Crippen LogP contribution in [-0.2, 0) is 45.2 Å². The first-order chi connectivity index (χ1) is 20.4. The first-order valence-corrected chi connectivity index (χ1v) is 15.5. The Labute approximate surface area is 254 Å². The lowest BCUT2D eigenvalue weighted by Gasteiger charge is -2.44. The van der Waals surface area contributed by atoms with Gasteiger partial charge >= 0.3 is 18.0 Å². The van der Waals surface area contributed by atoms with Gasteiger partial charge in [-0.15, -0.1) is 0 Å². The van der Waals surface area contributed by atoms with Crippen LogP contribution in [0.1, 0.15) is 45.6 Å². The molecule has 242 valence electrons. The maximum absolute atomic E-state index is 13.6. The minimum atomic E-state index is -3.60. The molecule has 1 aromatic carbocycles. The minimum absolute atomic E-state index is 0.130. The molecule has 1 aromatic rings. The van der Waals surface area contributed by atoms with Crippen molar-refractivity contribution in [1.82, 2.24) is 20.9 Å². The van der Waals surface area contributed by atoms with Gasteiger partial charge in [0.2, 0.25) is 17.7 Å². The van der Waals surface area contributed by atoms with Crippen molar-refractivity contribution >= 4 is 45.6 Å². The summed E-state index contributed by atoms with van der Waals surface area (Å²) in [5.74, 6) is -5.04. The number of carbonyl (C=O) groups excluding carboxylic acids is 4. The third kappa shape index (κ3) is 11.7. The number of carboxylic acids is 2. The molecule has 1 heterocycles. The largest absolute Gasteiger partial charge is 0.481 e. The van der Waals surface area contributed by atoms with E-state index in [1.807, 2.05) is 0 Å². The number of carboxylic acid groups (broad SMARTS) is 2. The molecule has 15 nitrogen and oxygen atoms in total. The lowest BCUT2D eigenvalue weighted by molar-refractivity contribution is -0.152. The van der Waals surface area contributed by atoms with Gasteiger partial charge in [-0.2, -0.15) is 0 Å². The molecule has 5 N–H and O–H groups in total. The van der Waals surface area contributed by atoms with Gasteiger partial charge in [0.1, 0.15) is 24.7 Å². The van der Waals surface area contributed by atoms with Gasteiger partial charge in [0.05, 0.1) is 18.9 Å². The van der Waals surface area contributed by atoms with Crippen molar-refractivity contribution in [1.29, 1.82) is 0 Å². The molecule has 0 saturated carbocycles. The zero-order valence-electron chi connectivity index (χ0n) is 24.8. The van der Waals surface area contributed by atoms with Crippen LogP contribution in [0, 0.1) is 5.41 Å². The number of nitrogens with zero attached hydrogens (tertiary/aromatic N) is 1. The van der Waals surface area contributed by atoms with Crippen LogP contribution >= 0.6 is 0 Å². The molecule has 4 atom stereocenters. The van der Waals surface area contributed by atoms with E-state index in [0.29, 0.717) is 5.56 Å². The normalized spacial score (nSPS) is 17.0. The molecule has 0 unspecified atom stereocenters. The Morgan fingerprint density at radius 2 is 1.61 bits per heavy atom. The summed E-state index contributed by atoms with van der Waals surface area (Å²) < 4.78 is 28.0. The highest BCUT2D eigenvalue weighted by atomic mass is 32.2. The Balaban J connectivity index is 2.15. The Morgan fingerprint density at radius 1 is 1.00 bits per heavy atom. The summed E-state index contributed by atoms with van der Waals surface area (Å²) in [5, 5.41) is 26.4. The number of ether oxygens (including phenoxy) is 1. The number of rotatable bonds is 14. The lowest BCUT2D eigenvalue weighted by Crippen LogP contribution is -2.66. The summed E-state index contributed by atoms with van der Waals surface area (Å²) >= 11 is 0. The Hall–Kier alpha value is -4.47. The number of carbonyl (C=O) groups is 6. The molecular formula is C28H38N4O11S. The monoisotopic (exact) mass is 638 g/mol. The van der Waals surface area contributed by atoms with Crippen molar-refractivity contribution in [3.05, 3.63) is 47.4 Å². The molecule has 44 heavy (non-hydrogen) atoms. The number of alkyl carbamates (subject to hydrolysis) is 1. The molecule has 1 fully saturated rings. The molecule has 2 rings (SSSR count). The Bertz CT molecular complexity index is 1370. The van der Waals surface area contributed by atoms with E-state index in [2.05, 4.69) is 16.0 Å². The Morgan fingerprint density at radius 3 is 2.11 bits per heavy atom. The molecule has 16 heteroatoms. The minimum Gasteiger partial charge on any atom is -0.481 e. The third-order valence-electron chi connectivity index (χ3n) is 6.49. The SMILES string of the molecule is CC(C)(C)[C@@H](NC(=O)[C@H](CC(=O)O)NC(=O)OCc1ccccc1)C(=O)N1CC[C@H]1C(=O)N[C@H](/C=C/S(C)(=O)=O)CC(=O)O. The van der Waals surface area contributed by atoms with Crippen LogP contribution < -0.4 is 16.0 Å². The lowest BCUT2D eigenvalue weighted by atomic mass is 9.84. The number of hydrogen-bond donors (Lipinski definition) is 5. The Kier molecular flexibility index (Phi) is 12.4. The summed E-state index contributed by atoms with van der Waals surface area (Å²) in [6.07, 6.45) is -0.308. The van der Waals surface area contributed by atoms with Crippen LogP contribution in [0.4, 0.5) is 4.79 Å². The van der Waals surface area contributed by atoms with Crippen molar-refractivity contribution in [2.24, 2.45) is 5.41 Å². The zero-order chi connectivity index (χ0) is 33.2. The van der Waals surface area contributed by atoms with E-state index in [9.17, 15) is 42.3 Å². The molecule has 1 aliphatic rings. The standard InChI is InChI=1S/C28H38N4O11S/c1-28(2,3)23(31-24(37)19(15-22(35)36)30-27(40)43-16-17-8-6-5-7-9-17)26(39)32-12-10-20(32)25(38)29-18(14-21(33)34)11-13-44(4,41)42/h5-9,11,13,18-20,23H,10,12,14-16H2,1-4H3,(H,29,38)(H,30,40)(H,31,37)(H,33,34)(H,35,36)/b13-11+/t18-,19+,20+,23+/m1/s1. The average Bonchev–Trinajstić information content (AvgIpc) is 2.86. The highest BCUT2D eigenvalue weighted by molar-refractivity contribution is 7.93. The number of sulfone groups is 1. The number of hydrogen-bond acceptors (Lipinski definition) is 9. The summed E-state index contributed by atoms with van der Waals surface area (Å²) in [5.41, 5.74) is -0.274. The van der Waals surface area contributed by atoms with Crippen LogP contribution in [0.15, 0.2) is 41.8 Å². The van der Waals surface area contributed by atoms with Crippen LogP contribution in [0.25, 0.3) is 0 Å². The molecule has 0 aliphatic carbocycles. The third-order valence-corrected chi connectivity index (χ3v) is 7.14. The van der Waals surface area contributed by atoms with Crippen molar-refractivity contribution in [3.63, 3.8) is 0 Å². The second-order valence-electron chi connectivity index (χ2n) is 11.4. The van der Waals surface area contributed by atoms with Gasteiger partial charge in [-0.3, -0.25) is 24.0 Å². The second-order valence-corrected chi connectivity index (χ2v) is 13.3. The molecule has 0 aromatic heterocycles. The molecule has 0 spiro atoms. The number of benzene rings is 1. The van der Waals surface area contributed by atoms with Gasteiger partial charge in [-0.25, -0.2) is 13.2 Å². The van der Waals surface area contributed by atoms with E-state index in [0.717, 1.165) is 17.7 Å². The summed E-state index contributed by atoms with van der Waals surface area (Å²) in [6.45, 7) is 4.91. The van der Waals surface area contributed by atoms with E-state index in [4.69, 9.17) is 9.84 Å². The smallest absolute Gasteiger partial charge is 0.408 e. The van der Waals surface area contributed by atoms with E-state index < -0.39 is 88.0 Å². The van der Waals surface area contributed by atoms with Gasteiger partial charge in [0, 0.05) is 18.2 Å². The molecule has 0 radical (unpaired) electrons. The molecule has 4 amide bonds. The average molecular weight is 639 g/mol. The second kappa shape index (κ2) is 15.3. The van der Waals surface area contributed by atoms with Crippen molar-refractivity contribution in [2.45, 2.75) is 70.8 Å². The maximum Gasteiger partial charge on any atom is 0.408 e. The zero-order valence-corrected chi connectivity index (χ0v) is 25.6. The molecular weight excluding hydrogens is 600 g/mol. The van der Waals surface area contributed by atoms with Crippen molar-refractivity contribution in [3.8, 4) is 0 Å². The first kappa shape index (κ1) is 35.7. The summed E-state index contributed by atoms with van der Waals surface area (Å²) in [6, 6.07) is 3.59. The van der Waals surface area contributed by atoms with E-state index in [1.165, 1.54) is 4.90 Å². The predicted octanol–water partition coefficient (Wildman–Crippen LogP) is 0.406. The first-order valence-electron chi connectivity index (χ1n) is 13.6.